The van der Waals surface area contributed by atoms with Crippen LogP contribution in [0.25, 0.3) is 0 Å². The fourth-order valence-electron chi connectivity index (χ4n) is 3.22. The van der Waals surface area contributed by atoms with Gasteiger partial charge in [0.15, 0.2) is 12.4 Å². The zero-order valence-electron chi connectivity index (χ0n) is 13.3. The van der Waals surface area contributed by atoms with Crippen LogP contribution in [-0.2, 0) is 0 Å². The van der Waals surface area contributed by atoms with Crippen molar-refractivity contribution in [2.75, 3.05) is 12.3 Å². The largest absolute Gasteiger partial charge is 0.483 e. The molecular weight excluding hydrogens is 286 g/mol. The van der Waals surface area contributed by atoms with Crippen LogP contribution in [0.2, 0.25) is 0 Å². The molecule has 2 N–H and O–H groups in total. The topological polar surface area (TPSA) is 52.3 Å². The lowest BCUT2D eigenvalue weighted by molar-refractivity contribution is 0.0922. The van der Waals surface area contributed by atoms with Crippen molar-refractivity contribution in [1.29, 1.82) is 0 Å². The van der Waals surface area contributed by atoms with Crippen molar-refractivity contribution in [2.45, 2.75) is 38.0 Å². The summed E-state index contributed by atoms with van der Waals surface area (Å²) in [5.74, 6) is 1.19. The first-order valence-corrected chi connectivity index (χ1v) is 8.34. The summed E-state index contributed by atoms with van der Waals surface area (Å²) < 4.78 is 5.53. The molecule has 2 aromatic rings. The van der Waals surface area contributed by atoms with E-state index in [9.17, 15) is 4.79 Å². The number of ketones is 1. The highest BCUT2D eigenvalue weighted by Gasteiger charge is 2.16. The molecule has 0 spiro atoms. The Morgan fingerprint density at radius 1 is 1.00 bits per heavy atom. The zero-order valence-corrected chi connectivity index (χ0v) is 13.3. The molecule has 0 saturated heterocycles. The highest BCUT2D eigenvalue weighted by atomic mass is 16.5. The van der Waals surface area contributed by atoms with E-state index in [4.69, 9.17) is 10.5 Å². The Morgan fingerprint density at radius 2 is 1.70 bits per heavy atom. The number of Topliss-reactive ketones (excluding diaryl/α,β-unsaturated/α-hetero) is 1. The van der Waals surface area contributed by atoms with Crippen molar-refractivity contribution in [3.63, 3.8) is 0 Å². The highest BCUT2D eigenvalue weighted by Crippen LogP contribution is 2.32. The van der Waals surface area contributed by atoms with E-state index in [0.717, 1.165) is 0 Å². The number of nitrogens with two attached hydrogens (primary N) is 1. The van der Waals surface area contributed by atoms with E-state index in [2.05, 4.69) is 12.1 Å². The van der Waals surface area contributed by atoms with Gasteiger partial charge in [-0.3, -0.25) is 4.79 Å². The second kappa shape index (κ2) is 7.32. The maximum absolute atomic E-state index is 12.3. The van der Waals surface area contributed by atoms with Gasteiger partial charge in [0.25, 0.3) is 0 Å². The number of rotatable bonds is 5. The Balaban J connectivity index is 1.60. The van der Waals surface area contributed by atoms with Crippen molar-refractivity contribution >= 4 is 11.5 Å². The van der Waals surface area contributed by atoms with Crippen molar-refractivity contribution in [1.82, 2.24) is 0 Å². The van der Waals surface area contributed by atoms with Crippen LogP contribution in [0, 0.1) is 0 Å². The Bertz CT molecular complexity index is 658. The molecule has 0 bridgehead atoms. The Labute approximate surface area is 137 Å². The maximum Gasteiger partial charge on any atom is 0.200 e. The van der Waals surface area contributed by atoms with Crippen LogP contribution in [0.3, 0.4) is 0 Å². The molecule has 0 atom stereocenters. The van der Waals surface area contributed by atoms with E-state index >= 15 is 0 Å². The van der Waals surface area contributed by atoms with E-state index < -0.39 is 0 Å². The number of hydrogen-bond donors (Lipinski definition) is 1. The first-order chi connectivity index (χ1) is 11.2. The lowest BCUT2D eigenvalue weighted by Crippen LogP contribution is -2.12. The minimum Gasteiger partial charge on any atom is -0.483 e. The van der Waals surface area contributed by atoms with Gasteiger partial charge in [-0.25, -0.2) is 0 Å². The van der Waals surface area contributed by atoms with Gasteiger partial charge < -0.3 is 10.5 Å². The molecule has 0 heterocycles. The van der Waals surface area contributed by atoms with Crippen LogP contribution < -0.4 is 10.5 Å². The maximum atomic E-state index is 12.3. The molecule has 1 aliphatic rings. The third-order valence-corrected chi connectivity index (χ3v) is 4.59. The molecule has 0 radical (unpaired) electrons. The number of hydrogen-bond acceptors (Lipinski definition) is 3. The summed E-state index contributed by atoms with van der Waals surface area (Å²) in [6.45, 7) is 0.0109. The molecule has 120 valence electrons. The van der Waals surface area contributed by atoms with Crippen molar-refractivity contribution in [2.24, 2.45) is 0 Å². The van der Waals surface area contributed by atoms with Crippen molar-refractivity contribution in [3.8, 4) is 5.75 Å². The molecule has 1 aliphatic carbocycles. The van der Waals surface area contributed by atoms with Crippen LogP contribution in [-0.4, -0.2) is 12.4 Å². The van der Waals surface area contributed by atoms with Crippen LogP contribution in [0.4, 0.5) is 5.69 Å². The third kappa shape index (κ3) is 3.92. The fraction of sp³-hybridized carbons (Fsp3) is 0.350. The second-order valence-corrected chi connectivity index (χ2v) is 6.21. The van der Waals surface area contributed by atoms with Gasteiger partial charge in [-0.05, 0) is 36.5 Å². The summed E-state index contributed by atoms with van der Waals surface area (Å²) in [5, 5.41) is 0. The smallest absolute Gasteiger partial charge is 0.200 e. The van der Waals surface area contributed by atoms with E-state index in [1.165, 1.54) is 37.7 Å². The molecule has 0 aliphatic heterocycles. The first-order valence-electron chi connectivity index (χ1n) is 8.34. The molecule has 3 heteroatoms. The van der Waals surface area contributed by atoms with Gasteiger partial charge in [0.2, 0.25) is 0 Å². The standard InChI is InChI=1S/C20H23NO2/c21-18-8-4-5-9-20(18)23-14-19(22)17-12-10-16(11-13-17)15-6-2-1-3-7-15/h4-5,8-13,15H,1-3,6-7,14,21H2. The predicted molar refractivity (Wildman–Crippen MR) is 92.9 cm³/mol. The van der Waals surface area contributed by atoms with Crippen molar-refractivity contribution < 1.29 is 9.53 Å². The molecule has 1 saturated carbocycles. The first kappa shape index (κ1) is 15.6. The van der Waals surface area contributed by atoms with Crippen LogP contribution in [0.15, 0.2) is 48.5 Å². The number of ether oxygens (including phenoxy) is 1. The second-order valence-electron chi connectivity index (χ2n) is 6.21. The highest BCUT2D eigenvalue weighted by molar-refractivity contribution is 5.97. The van der Waals surface area contributed by atoms with Crippen LogP contribution >= 0.6 is 0 Å². The summed E-state index contributed by atoms with van der Waals surface area (Å²) in [6.07, 6.45) is 6.52. The molecule has 0 aromatic heterocycles. The summed E-state index contributed by atoms with van der Waals surface area (Å²) in [7, 11) is 0. The number of para-hydroxylation sites is 2. The Kier molecular flexibility index (Phi) is 4.96. The van der Waals surface area contributed by atoms with Gasteiger partial charge in [-0.1, -0.05) is 55.7 Å². The molecule has 3 nitrogen and oxygen atoms in total. The average Bonchev–Trinajstić information content (AvgIpc) is 2.62. The minimum absolute atomic E-state index is 0.0109. The van der Waals surface area contributed by atoms with E-state index in [1.807, 2.05) is 24.3 Å². The molecule has 2 aromatic carbocycles. The third-order valence-electron chi connectivity index (χ3n) is 4.59. The average molecular weight is 309 g/mol. The van der Waals surface area contributed by atoms with Gasteiger partial charge >= 0.3 is 0 Å². The SMILES string of the molecule is Nc1ccccc1OCC(=O)c1ccc(C2CCCCC2)cc1. The molecule has 3 rings (SSSR count). The van der Waals surface area contributed by atoms with Gasteiger partial charge in [0, 0.05) is 5.56 Å². The zero-order chi connectivity index (χ0) is 16.1. The summed E-state index contributed by atoms with van der Waals surface area (Å²) in [5.41, 5.74) is 8.41. The minimum atomic E-state index is -0.0246. The lowest BCUT2D eigenvalue weighted by Gasteiger charge is -2.22. The van der Waals surface area contributed by atoms with Gasteiger partial charge in [0.1, 0.15) is 5.75 Å². The predicted octanol–water partition coefficient (Wildman–Crippen LogP) is 4.58. The van der Waals surface area contributed by atoms with Crippen LogP contribution in [0.1, 0.15) is 53.9 Å². The van der Waals surface area contributed by atoms with E-state index in [1.54, 1.807) is 12.1 Å². The van der Waals surface area contributed by atoms with Gasteiger partial charge in [-0.2, -0.15) is 0 Å². The summed E-state index contributed by atoms with van der Waals surface area (Å²) in [4.78, 5) is 12.3. The molecule has 23 heavy (non-hydrogen) atoms. The molecule has 1 fully saturated rings. The molecular formula is C20H23NO2. The Morgan fingerprint density at radius 3 is 2.39 bits per heavy atom. The Hall–Kier alpha value is -2.29. The van der Waals surface area contributed by atoms with E-state index in [0.29, 0.717) is 22.9 Å². The number of carbonyl (C=O) groups excluding carboxylic acids is 1. The van der Waals surface area contributed by atoms with Gasteiger partial charge in [0.05, 0.1) is 5.69 Å². The molecule has 0 amide bonds. The van der Waals surface area contributed by atoms with E-state index in [-0.39, 0.29) is 12.4 Å². The van der Waals surface area contributed by atoms with Crippen molar-refractivity contribution in [3.05, 3.63) is 59.7 Å². The number of carbonyl (C=O) groups is 1. The quantitative estimate of drug-likeness (QED) is 0.650. The van der Waals surface area contributed by atoms with Crippen LogP contribution in [0.5, 0.6) is 5.75 Å². The number of nitrogen functional groups attached to an aromatic ring is 1. The summed E-state index contributed by atoms with van der Waals surface area (Å²) >= 11 is 0. The normalized spacial score (nSPS) is 15.3. The number of benzene rings is 2. The summed E-state index contributed by atoms with van der Waals surface area (Å²) in [6, 6.07) is 15.3. The fourth-order valence-corrected chi connectivity index (χ4v) is 3.22. The monoisotopic (exact) mass is 309 g/mol. The molecule has 0 unspecified atom stereocenters. The number of anilines is 1. The lowest BCUT2D eigenvalue weighted by atomic mass is 9.84. The van der Waals surface area contributed by atoms with Gasteiger partial charge in [-0.15, -0.1) is 0 Å².